The zero-order valence-corrected chi connectivity index (χ0v) is 14.0. The third kappa shape index (κ3) is 2.49. The number of thiazole rings is 1. The lowest BCUT2D eigenvalue weighted by molar-refractivity contribution is 0.0604. The van der Waals surface area contributed by atoms with Crippen molar-refractivity contribution in [2.45, 2.75) is 13.3 Å². The summed E-state index contributed by atoms with van der Waals surface area (Å²) in [5, 5.41) is 0. The van der Waals surface area contributed by atoms with E-state index in [0.717, 1.165) is 32.8 Å². The fourth-order valence-electron chi connectivity index (χ4n) is 2.26. The van der Waals surface area contributed by atoms with E-state index in [4.69, 9.17) is 4.74 Å². The van der Waals surface area contributed by atoms with E-state index in [2.05, 4.69) is 20.9 Å². The van der Waals surface area contributed by atoms with Crippen molar-refractivity contribution in [3.8, 4) is 11.3 Å². The maximum absolute atomic E-state index is 11.8. The van der Waals surface area contributed by atoms with Crippen molar-refractivity contribution in [3.05, 3.63) is 45.5 Å². The predicted octanol–water partition coefficient (Wildman–Crippen LogP) is 4.17. The highest BCUT2D eigenvalue weighted by atomic mass is 79.9. The van der Waals surface area contributed by atoms with Crippen LogP contribution in [0.25, 0.3) is 16.2 Å². The number of aromatic nitrogens is 2. The van der Waals surface area contributed by atoms with Crippen LogP contribution in [-0.4, -0.2) is 22.5 Å². The van der Waals surface area contributed by atoms with Crippen molar-refractivity contribution in [1.82, 2.24) is 9.38 Å². The van der Waals surface area contributed by atoms with Crippen LogP contribution < -0.4 is 0 Å². The fraction of sp³-hybridized carbons (Fsp3) is 0.200. The number of imidazole rings is 1. The number of halogens is 1. The first-order valence-electron chi connectivity index (χ1n) is 6.49. The molecule has 0 aliphatic heterocycles. The van der Waals surface area contributed by atoms with Crippen molar-refractivity contribution >= 4 is 38.2 Å². The van der Waals surface area contributed by atoms with Crippen LogP contribution in [0, 0.1) is 0 Å². The number of hydrogen-bond acceptors (Lipinski definition) is 4. The number of esters is 1. The molecular weight excluding hydrogens is 352 g/mol. The number of ether oxygens (including phenoxy) is 1. The van der Waals surface area contributed by atoms with Crippen LogP contribution >= 0.6 is 27.3 Å². The van der Waals surface area contributed by atoms with Gasteiger partial charge in [0.2, 0.25) is 0 Å². The van der Waals surface area contributed by atoms with Crippen LogP contribution in [0.2, 0.25) is 0 Å². The molecule has 0 saturated heterocycles. The number of carbonyl (C=O) groups is 1. The van der Waals surface area contributed by atoms with Gasteiger partial charge in [-0.05, 0) is 18.6 Å². The molecule has 0 atom stereocenters. The van der Waals surface area contributed by atoms with Crippen LogP contribution in [-0.2, 0) is 11.2 Å². The average Bonchev–Trinajstić information content (AvgIpc) is 3.03. The van der Waals surface area contributed by atoms with Crippen LogP contribution in [0.4, 0.5) is 0 Å². The van der Waals surface area contributed by atoms with Crippen molar-refractivity contribution in [2.75, 3.05) is 7.11 Å². The fourth-order valence-corrected chi connectivity index (χ4v) is 3.77. The zero-order chi connectivity index (χ0) is 15.0. The van der Waals surface area contributed by atoms with Gasteiger partial charge in [-0.3, -0.25) is 4.40 Å². The highest BCUT2D eigenvalue weighted by Crippen LogP contribution is 2.29. The van der Waals surface area contributed by atoms with Gasteiger partial charge >= 0.3 is 5.97 Å². The summed E-state index contributed by atoms with van der Waals surface area (Å²) >= 11 is 4.84. The highest BCUT2D eigenvalue weighted by Gasteiger charge is 2.20. The Morgan fingerprint density at radius 2 is 2.29 bits per heavy atom. The Morgan fingerprint density at radius 1 is 1.48 bits per heavy atom. The Balaban J connectivity index is 2.14. The lowest BCUT2D eigenvalue weighted by Crippen LogP contribution is -2.03. The third-order valence-electron chi connectivity index (χ3n) is 3.25. The Hall–Kier alpha value is -1.66. The maximum atomic E-state index is 11.8. The minimum absolute atomic E-state index is 0.300. The molecule has 0 bridgehead atoms. The third-order valence-corrected chi connectivity index (χ3v) is 4.82. The topological polar surface area (TPSA) is 43.6 Å². The number of fused-ring (bicyclic) bond motifs is 1. The lowest BCUT2D eigenvalue weighted by Gasteiger charge is -2.00. The first kappa shape index (κ1) is 14.3. The van der Waals surface area contributed by atoms with E-state index in [1.54, 1.807) is 0 Å². The summed E-state index contributed by atoms with van der Waals surface area (Å²) in [5.41, 5.74) is 2.88. The van der Waals surface area contributed by atoms with Crippen LogP contribution in [0.15, 0.2) is 34.9 Å². The van der Waals surface area contributed by atoms with Crippen LogP contribution in [0.5, 0.6) is 0 Å². The molecule has 0 radical (unpaired) electrons. The van der Waals surface area contributed by atoms with Crippen molar-refractivity contribution in [3.63, 3.8) is 0 Å². The molecule has 4 nitrogen and oxygen atoms in total. The van der Waals surface area contributed by atoms with Gasteiger partial charge in [-0.15, -0.1) is 0 Å². The van der Waals surface area contributed by atoms with Gasteiger partial charge in [0, 0.05) is 21.9 Å². The minimum atomic E-state index is -0.300. The summed E-state index contributed by atoms with van der Waals surface area (Å²) in [6.45, 7) is 2.02. The number of rotatable bonds is 3. The molecule has 0 fully saturated rings. The number of aryl methyl sites for hydroxylation is 1. The molecule has 2 aromatic heterocycles. The largest absolute Gasteiger partial charge is 0.465 e. The highest BCUT2D eigenvalue weighted by molar-refractivity contribution is 9.10. The molecule has 0 unspecified atom stereocenters. The van der Waals surface area contributed by atoms with Crippen molar-refractivity contribution in [1.29, 1.82) is 0 Å². The molecule has 0 amide bonds. The second kappa shape index (κ2) is 5.61. The van der Waals surface area contributed by atoms with Gasteiger partial charge in [-0.2, -0.15) is 0 Å². The van der Waals surface area contributed by atoms with E-state index in [0.29, 0.717) is 4.88 Å². The molecule has 1 aromatic carbocycles. The Bertz CT molecular complexity index is 822. The monoisotopic (exact) mass is 364 g/mol. The Morgan fingerprint density at radius 3 is 2.95 bits per heavy atom. The molecule has 21 heavy (non-hydrogen) atoms. The molecule has 108 valence electrons. The molecule has 0 N–H and O–H groups in total. The van der Waals surface area contributed by atoms with Gasteiger partial charge in [0.25, 0.3) is 0 Å². The van der Waals surface area contributed by atoms with Crippen molar-refractivity contribution < 1.29 is 9.53 Å². The number of hydrogen-bond donors (Lipinski definition) is 0. The van der Waals surface area contributed by atoms with E-state index in [9.17, 15) is 4.79 Å². The molecule has 3 aromatic rings. The number of carbonyl (C=O) groups excluding carboxylic acids is 1. The number of nitrogens with zero attached hydrogens (tertiary/aromatic N) is 2. The summed E-state index contributed by atoms with van der Waals surface area (Å²) in [5.74, 6) is -0.300. The van der Waals surface area contributed by atoms with E-state index in [-0.39, 0.29) is 5.97 Å². The summed E-state index contributed by atoms with van der Waals surface area (Å²) in [6.07, 6.45) is 2.72. The van der Waals surface area contributed by atoms with E-state index < -0.39 is 0 Å². The summed E-state index contributed by atoms with van der Waals surface area (Å²) in [6, 6.07) is 8.01. The van der Waals surface area contributed by atoms with Gasteiger partial charge in [0.15, 0.2) is 4.96 Å². The Kier molecular flexibility index (Phi) is 3.82. The van der Waals surface area contributed by atoms with Gasteiger partial charge < -0.3 is 4.74 Å². The van der Waals surface area contributed by atoms with Crippen LogP contribution in [0.1, 0.15) is 22.3 Å². The predicted molar refractivity (Wildman–Crippen MR) is 86.9 cm³/mol. The van der Waals surface area contributed by atoms with Gasteiger partial charge in [-0.1, -0.05) is 46.3 Å². The molecule has 0 aliphatic carbocycles. The summed E-state index contributed by atoms with van der Waals surface area (Å²) < 4.78 is 7.83. The second-order valence-electron chi connectivity index (χ2n) is 4.51. The second-order valence-corrected chi connectivity index (χ2v) is 6.41. The number of benzene rings is 1. The first-order chi connectivity index (χ1) is 10.1. The Labute approximate surface area is 134 Å². The van der Waals surface area contributed by atoms with Gasteiger partial charge in [0.05, 0.1) is 12.8 Å². The van der Waals surface area contributed by atoms with E-state index in [1.807, 2.05) is 41.8 Å². The molecule has 6 heteroatoms. The molecule has 0 aliphatic rings. The quantitative estimate of drug-likeness (QED) is 0.655. The summed E-state index contributed by atoms with van der Waals surface area (Å²) in [4.78, 5) is 17.9. The number of methoxy groups -OCH3 is 1. The van der Waals surface area contributed by atoms with Crippen molar-refractivity contribution in [2.24, 2.45) is 0 Å². The van der Waals surface area contributed by atoms with E-state index in [1.165, 1.54) is 18.4 Å². The van der Waals surface area contributed by atoms with Crippen LogP contribution in [0.3, 0.4) is 0 Å². The first-order valence-corrected chi connectivity index (χ1v) is 8.10. The molecule has 2 heterocycles. The lowest BCUT2D eigenvalue weighted by atomic mass is 10.2. The van der Waals surface area contributed by atoms with Gasteiger partial charge in [0.1, 0.15) is 4.88 Å². The maximum Gasteiger partial charge on any atom is 0.349 e. The molecular formula is C15H13BrN2O2S. The van der Waals surface area contributed by atoms with Gasteiger partial charge in [-0.25, -0.2) is 9.78 Å². The average molecular weight is 365 g/mol. The SMILES string of the molecule is CCc1c(C(=O)OC)sc2nc(-c3cccc(Br)c3)cn12. The summed E-state index contributed by atoms with van der Waals surface area (Å²) in [7, 11) is 1.40. The molecule has 0 saturated carbocycles. The standard InChI is InChI=1S/C15H13BrN2O2S/c1-3-12-13(14(19)20-2)21-15-17-11(8-18(12)15)9-5-4-6-10(16)7-9/h4-8H,3H2,1-2H3. The minimum Gasteiger partial charge on any atom is -0.465 e. The zero-order valence-electron chi connectivity index (χ0n) is 11.6. The molecule has 0 spiro atoms. The molecule has 3 rings (SSSR count). The smallest absolute Gasteiger partial charge is 0.349 e. The normalized spacial score (nSPS) is 11.0. The van der Waals surface area contributed by atoms with E-state index >= 15 is 0 Å².